The van der Waals surface area contributed by atoms with Crippen molar-refractivity contribution in [2.45, 2.75) is 13.5 Å². The molecule has 1 amide bonds. The van der Waals surface area contributed by atoms with Crippen LogP contribution in [0, 0.1) is 6.92 Å². The van der Waals surface area contributed by atoms with Crippen LogP contribution in [0.5, 0.6) is 0 Å². The number of aromatic nitrogens is 2. The number of nitrogens with zero attached hydrogens (tertiary/aromatic N) is 1. The van der Waals surface area contributed by atoms with Gasteiger partial charge in [-0.15, -0.1) is 0 Å². The molecule has 1 aromatic heterocycles. The Hall–Kier alpha value is -2.54. The van der Waals surface area contributed by atoms with Gasteiger partial charge < -0.3 is 11.1 Å². The lowest BCUT2D eigenvalue weighted by molar-refractivity contribution is -0.116. The van der Waals surface area contributed by atoms with E-state index >= 15 is 0 Å². The molecule has 4 N–H and O–H groups in total. The summed E-state index contributed by atoms with van der Waals surface area (Å²) >= 11 is 5.76. The van der Waals surface area contributed by atoms with Gasteiger partial charge in [0.2, 0.25) is 5.91 Å². The number of hydrogen-bond acceptors (Lipinski definition) is 4. The van der Waals surface area contributed by atoms with Crippen molar-refractivity contribution in [1.82, 2.24) is 9.55 Å². The third-order valence-corrected chi connectivity index (χ3v) is 3.03. The molecule has 0 radical (unpaired) electrons. The predicted molar refractivity (Wildman–Crippen MR) is 80.6 cm³/mol. The van der Waals surface area contributed by atoms with E-state index in [1.807, 2.05) is 0 Å². The third kappa shape index (κ3) is 3.51. The molecule has 1 aromatic carbocycles. The normalized spacial score (nSPS) is 10.4. The smallest absolute Gasteiger partial charge is 0.328 e. The molecule has 0 unspecified atom stereocenters. The molecule has 0 saturated carbocycles. The summed E-state index contributed by atoms with van der Waals surface area (Å²) in [5.41, 5.74) is 5.66. The zero-order chi connectivity index (χ0) is 15.6. The van der Waals surface area contributed by atoms with Gasteiger partial charge >= 0.3 is 5.69 Å². The topological polar surface area (TPSA) is 110 Å². The highest BCUT2D eigenvalue weighted by Gasteiger charge is 2.09. The van der Waals surface area contributed by atoms with E-state index in [9.17, 15) is 14.4 Å². The van der Waals surface area contributed by atoms with E-state index in [-0.39, 0.29) is 6.54 Å². The van der Waals surface area contributed by atoms with Crippen LogP contribution in [-0.2, 0) is 11.3 Å². The molecule has 0 aliphatic carbocycles. The molecule has 7 nitrogen and oxygen atoms in total. The number of halogens is 1. The summed E-state index contributed by atoms with van der Waals surface area (Å²) in [6.45, 7) is 1.31. The van der Waals surface area contributed by atoms with Gasteiger partial charge in [-0.25, -0.2) is 4.79 Å². The van der Waals surface area contributed by atoms with Crippen molar-refractivity contribution in [3.8, 4) is 0 Å². The minimum atomic E-state index is -0.648. The molecule has 21 heavy (non-hydrogen) atoms. The molecule has 1 heterocycles. The van der Waals surface area contributed by atoms with Gasteiger partial charge in [-0.05, 0) is 25.1 Å². The first-order valence-electron chi connectivity index (χ1n) is 6.02. The average Bonchev–Trinajstić information content (AvgIpc) is 2.39. The Labute approximate surface area is 124 Å². The van der Waals surface area contributed by atoms with Crippen molar-refractivity contribution in [2.75, 3.05) is 11.1 Å². The molecular formula is C13H13ClN4O3. The molecule has 2 rings (SSSR count). The van der Waals surface area contributed by atoms with Gasteiger partial charge in [0.15, 0.2) is 0 Å². The summed E-state index contributed by atoms with van der Waals surface area (Å²) in [7, 11) is 0. The Morgan fingerprint density at radius 1 is 1.43 bits per heavy atom. The first kappa shape index (κ1) is 14.9. The largest absolute Gasteiger partial charge is 0.397 e. The van der Waals surface area contributed by atoms with Crippen LogP contribution < -0.4 is 22.3 Å². The van der Waals surface area contributed by atoms with Gasteiger partial charge in [-0.3, -0.25) is 19.1 Å². The molecule has 110 valence electrons. The van der Waals surface area contributed by atoms with E-state index in [4.69, 9.17) is 17.3 Å². The summed E-state index contributed by atoms with van der Waals surface area (Å²) in [4.78, 5) is 36.9. The highest BCUT2D eigenvalue weighted by atomic mass is 35.5. The maximum Gasteiger partial charge on any atom is 0.328 e. The number of anilines is 2. The number of benzene rings is 1. The Kier molecular flexibility index (Phi) is 4.13. The quantitative estimate of drug-likeness (QED) is 0.726. The molecular weight excluding hydrogens is 296 g/mol. The minimum absolute atomic E-state index is 0.238. The molecule has 0 fully saturated rings. The number of carbonyl (C=O) groups excluding carboxylic acids is 1. The monoisotopic (exact) mass is 308 g/mol. The minimum Gasteiger partial charge on any atom is -0.397 e. The molecule has 2 aromatic rings. The van der Waals surface area contributed by atoms with Crippen molar-refractivity contribution >= 4 is 28.9 Å². The zero-order valence-corrected chi connectivity index (χ0v) is 11.9. The Balaban J connectivity index is 2.17. The second-order valence-electron chi connectivity index (χ2n) is 4.48. The maximum atomic E-state index is 11.9. The van der Waals surface area contributed by atoms with Crippen LogP contribution in [0.3, 0.4) is 0 Å². The standard InChI is InChI=1S/C13H13ClN4O3/c1-7-5-18(13(21)17-12(7)20)6-11(19)16-10-3-2-8(14)4-9(10)15/h2-5H,6,15H2,1H3,(H,16,19)(H,17,20,21). The van der Waals surface area contributed by atoms with Crippen LogP contribution in [0.4, 0.5) is 11.4 Å². The Morgan fingerprint density at radius 2 is 2.14 bits per heavy atom. The number of amides is 1. The number of carbonyl (C=O) groups is 1. The van der Waals surface area contributed by atoms with Crippen LogP contribution in [0.2, 0.25) is 5.02 Å². The summed E-state index contributed by atoms with van der Waals surface area (Å²) in [5.74, 6) is -0.447. The van der Waals surface area contributed by atoms with Crippen molar-refractivity contribution in [1.29, 1.82) is 0 Å². The fourth-order valence-electron chi connectivity index (χ4n) is 1.73. The Morgan fingerprint density at radius 3 is 2.81 bits per heavy atom. The highest BCUT2D eigenvalue weighted by Crippen LogP contribution is 2.22. The van der Waals surface area contributed by atoms with E-state index in [1.54, 1.807) is 19.1 Å². The van der Waals surface area contributed by atoms with Gasteiger partial charge in [0.1, 0.15) is 6.54 Å². The lowest BCUT2D eigenvalue weighted by atomic mass is 10.2. The van der Waals surface area contributed by atoms with E-state index < -0.39 is 17.2 Å². The number of hydrogen-bond donors (Lipinski definition) is 3. The van der Waals surface area contributed by atoms with Crippen LogP contribution in [0.25, 0.3) is 0 Å². The molecule has 0 aliphatic heterocycles. The van der Waals surface area contributed by atoms with Crippen LogP contribution in [0.1, 0.15) is 5.56 Å². The van der Waals surface area contributed by atoms with Crippen LogP contribution in [0.15, 0.2) is 34.0 Å². The molecule has 0 atom stereocenters. The van der Waals surface area contributed by atoms with Crippen molar-refractivity contribution in [2.24, 2.45) is 0 Å². The third-order valence-electron chi connectivity index (χ3n) is 2.79. The molecule has 8 heteroatoms. The maximum absolute atomic E-state index is 11.9. The highest BCUT2D eigenvalue weighted by molar-refractivity contribution is 6.31. The lowest BCUT2D eigenvalue weighted by Gasteiger charge is -2.09. The SMILES string of the molecule is Cc1cn(CC(=O)Nc2ccc(Cl)cc2N)c(=O)[nH]c1=O. The van der Waals surface area contributed by atoms with Crippen molar-refractivity contribution < 1.29 is 4.79 Å². The van der Waals surface area contributed by atoms with Crippen molar-refractivity contribution in [3.63, 3.8) is 0 Å². The van der Waals surface area contributed by atoms with Gasteiger partial charge in [0.25, 0.3) is 5.56 Å². The lowest BCUT2D eigenvalue weighted by Crippen LogP contribution is -2.34. The number of aryl methyl sites for hydroxylation is 1. The molecule has 0 saturated heterocycles. The number of aromatic amines is 1. The predicted octanol–water partition coefficient (Wildman–Crippen LogP) is 0.719. The number of rotatable bonds is 3. The summed E-state index contributed by atoms with van der Waals surface area (Å²) in [6.07, 6.45) is 1.33. The van der Waals surface area contributed by atoms with Gasteiger partial charge in [0, 0.05) is 16.8 Å². The Bertz CT molecular complexity index is 810. The molecule has 0 aliphatic rings. The van der Waals surface area contributed by atoms with E-state index in [0.29, 0.717) is 22.0 Å². The summed E-state index contributed by atoms with van der Waals surface area (Å²) in [6, 6.07) is 4.66. The van der Waals surface area contributed by atoms with Crippen LogP contribution >= 0.6 is 11.6 Å². The summed E-state index contributed by atoms with van der Waals surface area (Å²) < 4.78 is 1.11. The second-order valence-corrected chi connectivity index (χ2v) is 4.92. The van der Waals surface area contributed by atoms with Gasteiger partial charge in [-0.1, -0.05) is 11.6 Å². The van der Waals surface area contributed by atoms with Crippen molar-refractivity contribution in [3.05, 3.63) is 55.8 Å². The first-order chi connectivity index (χ1) is 9.86. The second kappa shape index (κ2) is 5.84. The van der Waals surface area contributed by atoms with Crippen LogP contribution in [-0.4, -0.2) is 15.5 Å². The van der Waals surface area contributed by atoms with E-state index in [1.165, 1.54) is 12.3 Å². The fourth-order valence-corrected chi connectivity index (χ4v) is 1.91. The first-order valence-corrected chi connectivity index (χ1v) is 6.40. The van der Waals surface area contributed by atoms with Gasteiger partial charge in [0.05, 0.1) is 11.4 Å². The van der Waals surface area contributed by atoms with E-state index in [0.717, 1.165) is 4.57 Å². The summed E-state index contributed by atoms with van der Waals surface area (Å²) in [5, 5.41) is 3.03. The molecule has 0 bridgehead atoms. The van der Waals surface area contributed by atoms with E-state index in [2.05, 4.69) is 10.3 Å². The average molecular weight is 309 g/mol. The fraction of sp³-hybridized carbons (Fsp3) is 0.154. The molecule has 0 spiro atoms. The number of H-pyrrole nitrogens is 1. The zero-order valence-electron chi connectivity index (χ0n) is 11.1. The number of nitrogens with one attached hydrogen (secondary N) is 2. The number of nitrogen functional groups attached to an aromatic ring is 1. The number of nitrogens with two attached hydrogens (primary N) is 1. The van der Waals surface area contributed by atoms with Gasteiger partial charge in [-0.2, -0.15) is 0 Å².